The zero-order valence-electron chi connectivity index (χ0n) is 20.8. The van der Waals surface area contributed by atoms with Crippen molar-refractivity contribution in [2.24, 2.45) is 11.8 Å². The molecule has 2 fully saturated rings. The van der Waals surface area contributed by atoms with Gasteiger partial charge in [-0.2, -0.15) is 0 Å². The number of nitrogens with zero attached hydrogens (tertiary/aromatic N) is 1. The van der Waals surface area contributed by atoms with Gasteiger partial charge in [0.05, 0.1) is 0 Å². The van der Waals surface area contributed by atoms with Crippen LogP contribution in [0.5, 0.6) is 0 Å². The molecular weight excluding hydrogens is 416 g/mol. The highest BCUT2D eigenvalue weighted by atomic mass is 16.1. The van der Waals surface area contributed by atoms with Crippen molar-refractivity contribution in [3.8, 4) is 0 Å². The predicted octanol–water partition coefficient (Wildman–Crippen LogP) is 7.01. The van der Waals surface area contributed by atoms with E-state index in [-0.39, 0.29) is 5.92 Å². The van der Waals surface area contributed by atoms with E-state index in [0.29, 0.717) is 18.1 Å². The molecule has 3 nitrogen and oxygen atoms in total. The maximum atomic E-state index is 13.4. The number of carbonyl (C=O) groups is 1. The Balaban J connectivity index is 1.47. The number of aryl methyl sites for hydroxylation is 1. The van der Waals surface area contributed by atoms with Crippen LogP contribution in [0.4, 0.5) is 0 Å². The largest absolute Gasteiger partial charge is 0.347 e. The highest BCUT2D eigenvalue weighted by Gasteiger charge is 2.25. The van der Waals surface area contributed by atoms with Crippen molar-refractivity contribution in [3.63, 3.8) is 0 Å². The van der Waals surface area contributed by atoms with Crippen LogP contribution in [-0.4, -0.2) is 23.4 Å². The molecule has 1 N–H and O–H groups in total. The van der Waals surface area contributed by atoms with Crippen LogP contribution in [0.2, 0.25) is 0 Å². The predicted molar refractivity (Wildman–Crippen MR) is 141 cm³/mol. The van der Waals surface area contributed by atoms with Crippen molar-refractivity contribution in [2.45, 2.75) is 77.2 Å². The van der Waals surface area contributed by atoms with Crippen LogP contribution in [0.15, 0.2) is 54.7 Å². The molecule has 1 atom stereocenters. The van der Waals surface area contributed by atoms with E-state index in [2.05, 4.69) is 71.5 Å². The van der Waals surface area contributed by atoms with Crippen molar-refractivity contribution < 1.29 is 4.79 Å². The van der Waals surface area contributed by atoms with Gasteiger partial charge in [-0.25, -0.2) is 0 Å². The van der Waals surface area contributed by atoms with E-state index in [4.69, 9.17) is 0 Å². The molecule has 2 aliphatic rings. The van der Waals surface area contributed by atoms with Gasteiger partial charge in [0.1, 0.15) is 5.78 Å². The van der Waals surface area contributed by atoms with Gasteiger partial charge in [-0.05, 0) is 74.7 Å². The molecule has 1 saturated carbocycles. The minimum atomic E-state index is 0.117. The molecule has 5 rings (SSSR count). The van der Waals surface area contributed by atoms with E-state index in [1.165, 1.54) is 59.7 Å². The summed E-state index contributed by atoms with van der Waals surface area (Å²) in [4.78, 5) is 13.4. The van der Waals surface area contributed by atoms with Gasteiger partial charge in [0.15, 0.2) is 0 Å². The van der Waals surface area contributed by atoms with Crippen molar-refractivity contribution in [1.82, 2.24) is 9.88 Å². The molecule has 0 amide bonds. The van der Waals surface area contributed by atoms with Crippen molar-refractivity contribution in [3.05, 3.63) is 71.4 Å². The number of carbonyl (C=O) groups excluding carboxylic acids is 1. The molecule has 0 bridgehead atoms. The lowest BCUT2D eigenvalue weighted by atomic mass is 9.83. The first-order chi connectivity index (χ1) is 16.7. The Kier molecular flexibility index (Phi) is 7.49. The van der Waals surface area contributed by atoms with Crippen molar-refractivity contribution >= 4 is 16.7 Å². The standard InChI is InChI=1S/C31H40N2O/c1-23-8-7-11-26(18-23)29(20-27(34)19-24-14-16-32-17-15-24)30-22-33(21-25-9-3-2-4-10-25)31-13-6-5-12-28(30)31/h5-8,11-13,18,22,24-25,29,32H,2-4,9-10,14-17,19-21H2,1H3. The van der Waals surface area contributed by atoms with Gasteiger partial charge in [-0.3, -0.25) is 4.79 Å². The molecule has 180 valence electrons. The maximum absolute atomic E-state index is 13.4. The number of rotatable bonds is 8. The van der Waals surface area contributed by atoms with Crippen LogP contribution in [-0.2, 0) is 11.3 Å². The number of nitrogens with one attached hydrogen (secondary N) is 1. The van der Waals surface area contributed by atoms with Crippen LogP contribution in [0.25, 0.3) is 10.9 Å². The number of piperidine rings is 1. The number of Topliss-reactive ketones (excluding diaryl/α,β-unsaturated/α-hetero) is 1. The van der Waals surface area contributed by atoms with Gasteiger partial charge in [0.2, 0.25) is 0 Å². The summed E-state index contributed by atoms with van der Waals surface area (Å²) in [5, 5.41) is 4.75. The fraction of sp³-hybridized carbons (Fsp3) is 0.516. The quantitative estimate of drug-likeness (QED) is 0.395. The fourth-order valence-electron chi connectivity index (χ4n) is 6.36. The van der Waals surface area contributed by atoms with Crippen LogP contribution in [0, 0.1) is 18.8 Å². The fourth-order valence-corrected chi connectivity index (χ4v) is 6.36. The molecule has 1 aliphatic heterocycles. The number of hydrogen-bond donors (Lipinski definition) is 1. The average Bonchev–Trinajstić information content (AvgIpc) is 3.22. The van der Waals surface area contributed by atoms with Crippen molar-refractivity contribution in [2.75, 3.05) is 13.1 Å². The Morgan fingerprint density at radius 2 is 1.76 bits per heavy atom. The number of ketones is 1. The minimum absolute atomic E-state index is 0.117. The third-order valence-electron chi connectivity index (χ3n) is 8.23. The van der Waals surface area contributed by atoms with E-state index in [1.807, 2.05) is 0 Å². The van der Waals surface area contributed by atoms with E-state index in [0.717, 1.165) is 44.8 Å². The number of para-hydroxylation sites is 1. The van der Waals surface area contributed by atoms with E-state index in [9.17, 15) is 4.79 Å². The van der Waals surface area contributed by atoms with Gasteiger partial charge in [0, 0.05) is 42.4 Å². The molecule has 2 aromatic carbocycles. The highest BCUT2D eigenvalue weighted by molar-refractivity contribution is 5.87. The zero-order chi connectivity index (χ0) is 23.3. The summed E-state index contributed by atoms with van der Waals surface area (Å²) in [6, 6.07) is 17.7. The van der Waals surface area contributed by atoms with Gasteiger partial charge in [-0.15, -0.1) is 0 Å². The summed E-state index contributed by atoms with van der Waals surface area (Å²) >= 11 is 0. The Hall–Kier alpha value is -2.39. The SMILES string of the molecule is Cc1cccc(C(CC(=O)CC2CCNCC2)c2cn(CC3CCCCC3)c3ccccc23)c1. The second-order valence-corrected chi connectivity index (χ2v) is 10.9. The lowest BCUT2D eigenvalue weighted by Crippen LogP contribution is -2.29. The summed E-state index contributed by atoms with van der Waals surface area (Å²) in [6.45, 7) is 5.36. The molecular formula is C31H40N2O. The Morgan fingerprint density at radius 1 is 0.971 bits per heavy atom. The summed E-state index contributed by atoms with van der Waals surface area (Å²) < 4.78 is 2.50. The summed E-state index contributed by atoms with van der Waals surface area (Å²) in [7, 11) is 0. The summed E-state index contributed by atoms with van der Waals surface area (Å²) in [6.07, 6.45) is 12.8. The second-order valence-electron chi connectivity index (χ2n) is 10.9. The first kappa shape index (κ1) is 23.4. The summed E-state index contributed by atoms with van der Waals surface area (Å²) in [5.41, 5.74) is 5.20. The topological polar surface area (TPSA) is 34.0 Å². The molecule has 1 aliphatic carbocycles. The summed E-state index contributed by atoms with van der Waals surface area (Å²) in [5.74, 6) is 1.85. The Labute approximate surface area is 204 Å². The molecule has 3 heteroatoms. The van der Waals surface area contributed by atoms with Crippen LogP contribution >= 0.6 is 0 Å². The first-order valence-corrected chi connectivity index (χ1v) is 13.5. The Morgan fingerprint density at radius 3 is 2.56 bits per heavy atom. The third-order valence-corrected chi connectivity index (χ3v) is 8.23. The zero-order valence-corrected chi connectivity index (χ0v) is 20.8. The maximum Gasteiger partial charge on any atom is 0.134 e. The monoisotopic (exact) mass is 456 g/mol. The highest BCUT2D eigenvalue weighted by Crippen LogP contribution is 2.37. The molecule has 1 unspecified atom stereocenters. The number of benzene rings is 2. The van der Waals surface area contributed by atoms with E-state index >= 15 is 0 Å². The second kappa shape index (κ2) is 10.9. The van der Waals surface area contributed by atoms with E-state index < -0.39 is 0 Å². The lowest BCUT2D eigenvalue weighted by Gasteiger charge is -2.23. The number of fused-ring (bicyclic) bond motifs is 1. The molecule has 0 radical (unpaired) electrons. The van der Waals surface area contributed by atoms with Crippen molar-refractivity contribution in [1.29, 1.82) is 0 Å². The van der Waals surface area contributed by atoms with Crippen LogP contribution in [0.1, 0.15) is 80.4 Å². The Bertz CT molecular complexity index is 1100. The van der Waals surface area contributed by atoms with Crippen LogP contribution in [0.3, 0.4) is 0 Å². The van der Waals surface area contributed by atoms with Gasteiger partial charge in [-0.1, -0.05) is 67.3 Å². The van der Waals surface area contributed by atoms with Gasteiger partial charge >= 0.3 is 0 Å². The molecule has 1 aromatic heterocycles. The normalized spacial score (nSPS) is 18.9. The third kappa shape index (κ3) is 5.46. The molecule has 1 saturated heterocycles. The smallest absolute Gasteiger partial charge is 0.134 e. The minimum Gasteiger partial charge on any atom is -0.347 e. The van der Waals surface area contributed by atoms with Gasteiger partial charge in [0.25, 0.3) is 0 Å². The molecule has 0 spiro atoms. The van der Waals surface area contributed by atoms with E-state index in [1.54, 1.807) is 0 Å². The lowest BCUT2D eigenvalue weighted by molar-refractivity contribution is -0.120. The molecule has 2 heterocycles. The van der Waals surface area contributed by atoms with Gasteiger partial charge < -0.3 is 9.88 Å². The first-order valence-electron chi connectivity index (χ1n) is 13.5. The number of hydrogen-bond acceptors (Lipinski definition) is 2. The molecule has 34 heavy (non-hydrogen) atoms. The van der Waals surface area contributed by atoms with Crippen LogP contribution < -0.4 is 5.32 Å². The molecule has 3 aromatic rings. The number of aromatic nitrogens is 1. The average molecular weight is 457 g/mol.